The Balaban J connectivity index is 1.47. The van der Waals surface area contributed by atoms with Crippen LogP contribution in [0.1, 0.15) is 41.9 Å². The van der Waals surface area contributed by atoms with Gasteiger partial charge < -0.3 is 24.4 Å². The largest absolute Gasteiger partial charge is 0.445 e. The summed E-state index contributed by atoms with van der Waals surface area (Å²) in [5.41, 5.74) is 3.32. The SMILES string of the molecule is C=CCOC(=O)Nc1ccc([C@@H]2O[C@H](CN3CC[C@H](O)C3)C[C@H](c3ccc(CO)cc3)O2)cc1. The molecule has 2 aliphatic heterocycles. The summed E-state index contributed by atoms with van der Waals surface area (Å²) < 4.78 is 17.6. The molecule has 2 aromatic rings. The van der Waals surface area contributed by atoms with Gasteiger partial charge in [-0.15, -0.1) is 0 Å². The third-order valence-corrected chi connectivity index (χ3v) is 6.09. The summed E-state index contributed by atoms with van der Waals surface area (Å²) in [6.07, 6.45) is 1.34. The van der Waals surface area contributed by atoms with Crippen LogP contribution in [-0.2, 0) is 20.8 Å². The van der Waals surface area contributed by atoms with Crippen LogP contribution < -0.4 is 5.32 Å². The molecule has 0 spiro atoms. The highest BCUT2D eigenvalue weighted by molar-refractivity contribution is 5.84. The maximum atomic E-state index is 11.8. The third-order valence-electron chi connectivity index (χ3n) is 6.09. The monoisotopic (exact) mass is 468 g/mol. The Kier molecular flexibility index (Phi) is 8.31. The maximum Gasteiger partial charge on any atom is 0.411 e. The molecule has 2 heterocycles. The van der Waals surface area contributed by atoms with E-state index in [0.717, 1.165) is 36.2 Å². The van der Waals surface area contributed by atoms with Gasteiger partial charge in [0, 0.05) is 37.3 Å². The summed E-state index contributed by atoms with van der Waals surface area (Å²) >= 11 is 0. The van der Waals surface area contributed by atoms with E-state index in [9.17, 15) is 15.0 Å². The number of carbonyl (C=O) groups is 1. The molecular weight excluding hydrogens is 436 g/mol. The van der Waals surface area contributed by atoms with Gasteiger partial charge in [0.1, 0.15) is 6.61 Å². The fourth-order valence-corrected chi connectivity index (χ4v) is 4.31. The molecule has 2 aliphatic rings. The zero-order chi connectivity index (χ0) is 23.9. The number of aliphatic hydroxyl groups excluding tert-OH is 2. The number of amides is 1. The highest BCUT2D eigenvalue weighted by Crippen LogP contribution is 2.38. The number of nitrogens with one attached hydrogen (secondary N) is 1. The number of ether oxygens (including phenoxy) is 3. The summed E-state index contributed by atoms with van der Waals surface area (Å²) in [5.74, 6) is 0. The van der Waals surface area contributed by atoms with Crippen molar-refractivity contribution in [2.45, 2.75) is 44.1 Å². The third kappa shape index (κ3) is 6.43. The van der Waals surface area contributed by atoms with Crippen molar-refractivity contribution in [1.29, 1.82) is 0 Å². The van der Waals surface area contributed by atoms with E-state index >= 15 is 0 Å². The molecule has 182 valence electrons. The normalized spacial score (nSPS) is 25.1. The molecule has 0 aromatic heterocycles. The van der Waals surface area contributed by atoms with Gasteiger partial charge in [-0.25, -0.2) is 4.79 Å². The highest BCUT2D eigenvalue weighted by Gasteiger charge is 2.34. The summed E-state index contributed by atoms with van der Waals surface area (Å²) in [6.45, 7) is 5.89. The molecule has 0 bridgehead atoms. The van der Waals surface area contributed by atoms with Crippen LogP contribution >= 0.6 is 0 Å². The van der Waals surface area contributed by atoms with Crippen LogP contribution in [0.5, 0.6) is 0 Å². The smallest absolute Gasteiger partial charge is 0.411 e. The summed E-state index contributed by atoms with van der Waals surface area (Å²) in [6, 6.07) is 15.1. The Labute approximate surface area is 199 Å². The Morgan fingerprint density at radius 2 is 1.88 bits per heavy atom. The molecule has 0 radical (unpaired) electrons. The first-order valence-corrected chi connectivity index (χ1v) is 11.6. The molecule has 34 heavy (non-hydrogen) atoms. The molecule has 1 amide bonds. The number of hydrogen-bond acceptors (Lipinski definition) is 7. The van der Waals surface area contributed by atoms with Crippen molar-refractivity contribution in [3.63, 3.8) is 0 Å². The Morgan fingerprint density at radius 3 is 2.53 bits per heavy atom. The lowest BCUT2D eigenvalue weighted by Crippen LogP contribution is -2.38. The van der Waals surface area contributed by atoms with Crippen LogP contribution in [0.15, 0.2) is 61.2 Å². The Hall–Kier alpha value is -2.75. The second-order valence-electron chi connectivity index (χ2n) is 8.69. The topological polar surface area (TPSA) is 100 Å². The van der Waals surface area contributed by atoms with Gasteiger partial charge in [-0.05, 0) is 29.7 Å². The molecule has 2 fully saturated rings. The molecule has 2 aromatic carbocycles. The lowest BCUT2D eigenvalue weighted by atomic mass is 9.99. The van der Waals surface area contributed by atoms with Crippen LogP contribution in [0, 0.1) is 0 Å². The molecule has 0 aliphatic carbocycles. The van der Waals surface area contributed by atoms with Crippen molar-refractivity contribution in [3.05, 3.63) is 77.9 Å². The predicted octanol–water partition coefficient (Wildman–Crippen LogP) is 3.53. The average molecular weight is 469 g/mol. The molecule has 4 rings (SSSR count). The maximum absolute atomic E-state index is 11.8. The molecule has 0 saturated carbocycles. The number of aliphatic hydroxyl groups is 2. The first-order chi connectivity index (χ1) is 16.5. The second kappa shape index (κ2) is 11.6. The summed E-state index contributed by atoms with van der Waals surface area (Å²) in [5, 5.41) is 21.9. The van der Waals surface area contributed by atoms with Crippen LogP contribution in [0.2, 0.25) is 0 Å². The lowest BCUT2D eigenvalue weighted by molar-refractivity contribution is -0.252. The van der Waals surface area contributed by atoms with Gasteiger partial charge in [0.05, 0.1) is 24.9 Å². The molecule has 8 heteroatoms. The van der Waals surface area contributed by atoms with Gasteiger partial charge in [0.15, 0.2) is 6.29 Å². The van der Waals surface area contributed by atoms with Crippen molar-refractivity contribution in [1.82, 2.24) is 4.90 Å². The van der Waals surface area contributed by atoms with Gasteiger partial charge in [0.2, 0.25) is 0 Å². The predicted molar refractivity (Wildman–Crippen MR) is 127 cm³/mol. The summed E-state index contributed by atoms with van der Waals surface area (Å²) in [7, 11) is 0. The van der Waals surface area contributed by atoms with Gasteiger partial charge in [-0.1, -0.05) is 49.1 Å². The van der Waals surface area contributed by atoms with E-state index in [-0.39, 0.29) is 31.5 Å². The molecular formula is C26H32N2O6. The number of benzene rings is 2. The van der Waals surface area contributed by atoms with Crippen LogP contribution in [0.4, 0.5) is 10.5 Å². The van der Waals surface area contributed by atoms with E-state index in [1.54, 1.807) is 12.1 Å². The standard InChI is InChI=1S/C26H32N2O6/c1-2-13-32-26(31)27-21-9-7-20(8-10-21)25-33-23(16-28-12-11-22(30)15-28)14-24(34-25)19-5-3-18(17-29)4-6-19/h2-10,22-25,29-30H,1,11-17H2,(H,27,31)/t22-,23-,24+,25+/m0/s1. The zero-order valence-corrected chi connectivity index (χ0v) is 19.1. The van der Waals surface area contributed by atoms with Crippen molar-refractivity contribution in [2.75, 3.05) is 31.6 Å². The molecule has 8 nitrogen and oxygen atoms in total. The highest BCUT2D eigenvalue weighted by atomic mass is 16.7. The number of anilines is 1. The molecule has 3 N–H and O–H groups in total. The minimum atomic E-state index is -0.574. The second-order valence-corrected chi connectivity index (χ2v) is 8.69. The van der Waals surface area contributed by atoms with Gasteiger partial charge >= 0.3 is 6.09 Å². The molecule has 4 atom stereocenters. The van der Waals surface area contributed by atoms with Gasteiger partial charge in [-0.3, -0.25) is 10.2 Å². The zero-order valence-electron chi connectivity index (χ0n) is 19.1. The van der Waals surface area contributed by atoms with E-state index in [1.807, 2.05) is 36.4 Å². The van der Waals surface area contributed by atoms with Crippen molar-refractivity contribution >= 4 is 11.8 Å². The van der Waals surface area contributed by atoms with Crippen LogP contribution in [0.3, 0.4) is 0 Å². The number of hydrogen-bond donors (Lipinski definition) is 3. The van der Waals surface area contributed by atoms with E-state index in [1.165, 1.54) is 6.08 Å². The van der Waals surface area contributed by atoms with E-state index in [0.29, 0.717) is 18.7 Å². The van der Waals surface area contributed by atoms with E-state index in [2.05, 4.69) is 16.8 Å². The first kappa shape index (κ1) is 24.4. The van der Waals surface area contributed by atoms with E-state index in [4.69, 9.17) is 14.2 Å². The number of rotatable bonds is 8. The van der Waals surface area contributed by atoms with E-state index < -0.39 is 12.4 Å². The molecule has 2 saturated heterocycles. The minimum absolute atomic E-state index is 0.00102. The van der Waals surface area contributed by atoms with Gasteiger partial charge in [0.25, 0.3) is 0 Å². The number of β-amino-alcohol motifs (C(OH)–C–C–N with tert-alkyl or cyclic N) is 1. The van der Waals surface area contributed by atoms with Crippen molar-refractivity contribution < 1.29 is 29.2 Å². The number of nitrogens with zero attached hydrogens (tertiary/aromatic N) is 1. The number of carbonyl (C=O) groups excluding carboxylic acids is 1. The molecule has 0 unspecified atom stereocenters. The first-order valence-electron chi connectivity index (χ1n) is 11.6. The summed E-state index contributed by atoms with van der Waals surface area (Å²) in [4.78, 5) is 14.0. The Bertz CT molecular complexity index is 949. The lowest BCUT2D eigenvalue weighted by Gasteiger charge is -2.37. The fourth-order valence-electron chi connectivity index (χ4n) is 4.31. The fraction of sp³-hybridized carbons (Fsp3) is 0.423. The Morgan fingerprint density at radius 1 is 1.15 bits per heavy atom. The van der Waals surface area contributed by atoms with Crippen LogP contribution in [-0.4, -0.2) is 59.7 Å². The quantitative estimate of drug-likeness (QED) is 0.510. The van der Waals surface area contributed by atoms with Crippen molar-refractivity contribution in [3.8, 4) is 0 Å². The number of likely N-dealkylation sites (tertiary alicyclic amines) is 1. The minimum Gasteiger partial charge on any atom is -0.445 e. The van der Waals surface area contributed by atoms with Crippen molar-refractivity contribution in [2.24, 2.45) is 0 Å². The average Bonchev–Trinajstić information content (AvgIpc) is 3.27. The van der Waals surface area contributed by atoms with Gasteiger partial charge in [-0.2, -0.15) is 0 Å². The van der Waals surface area contributed by atoms with Crippen LogP contribution in [0.25, 0.3) is 0 Å².